The van der Waals surface area contributed by atoms with E-state index < -0.39 is 5.97 Å². The lowest BCUT2D eigenvalue weighted by atomic mass is 10.1. The second-order valence-corrected chi connectivity index (χ2v) is 8.70. The number of benzene rings is 1. The first-order chi connectivity index (χ1) is 14.0. The predicted octanol–water partition coefficient (Wildman–Crippen LogP) is 4.05. The summed E-state index contributed by atoms with van der Waals surface area (Å²) in [4.78, 5) is 35.8. The van der Waals surface area contributed by atoms with Gasteiger partial charge in [0.1, 0.15) is 15.5 Å². The topological polar surface area (TPSA) is 75.3 Å². The van der Waals surface area contributed by atoms with Crippen LogP contribution in [0.4, 0.5) is 0 Å². The van der Waals surface area contributed by atoms with Gasteiger partial charge in [0.2, 0.25) is 0 Å². The Bertz CT molecular complexity index is 1090. The van der Waals surface area contributed by atoms with E-state index in [0.717, 1.165) is 6.54 Å². The summed E-state index contributed by atoms with van der Waals surface area (Å²) in [5.74, 6) is 0.912. The highest BCUT2D eigenvalue weighted by Gasteiger charge is 2.28. The van der Waals surface area contributed by atoms with Crippen LogP contribution in [-0.4, -0.2) is 34.5 Å². The number of fused-ring (bicyclic) bond motifs is 1. The molecule has 1 aliphatic rings. The number of nitrogens with zero attached hydrogens (tertiary/aromatic N) is 2. The van der Waals surface area contributed by atoms with Crippen molar-refractivity contribution in [2.45, 2.75) is 39.3 Å². The molecule has 2 aromatic heterocycles. The minimum atomic E-state index is -0.431. The highest BCUT2D eigenvalue weighted by Crippen LogP contribution is 2.34. The number of hydrogen-bond acceptors (Lipinski definition) is 6. The quantitative estimate of drug-likeness (QED) is 0.594. The van der Waals surface area contributed by atoms with Crippen LogP contribution in [-0.2, 0) is 11.3 Å². The number of rotatable bonds is 7. The fourth-order valence-corrected chi connectivity index (χ4v) is 4.80. The number of aryl methyl sites for hydroxylation is 1. The number of ether oxygens (including phenoxy) is 1. The summed E-state index contributed by atoms with van der Waals surface area (Å²) < 4.78 is 4.84. The maximum atomic E-state index is 12.7. The first kappa shape index (κ1) is 19.8. The highest BCUT2D eigenvalue weighted by molar-refractivity contribution is 7.20. The van der Waals surface area contributed by atoms with Crippen molar-refractivity contribution in [1.82, 2.24) is 14.9 Å². The lowest BCUT2D eigenvalue weighted by Crippen LogP contribution is -2.30. The van der Waals surface area contributed by atoms with E-state index in [4.69, 9.17) is 9.72 Å². The summed E-state index contributed by atoms with van der Waals surface area (Å²) >= 11 is 1.22. The van der Waals surface area contributed by atoms with Gasteiger partial charge in [-0.1, -0.05) is 30.3 Å². The van der Waals surface area contributed by atoms with Crippen molar-refractivity contribution in [3.8, 4) is 0 Å². The van der Waals surface area contributed by atoms with Crippen molar-refractivity contribution in [3.05, 3.63) is 62.5 Å². The number of carbonyl (C=O) groups is 1. The summed E-state index contributed by atoms with van der Waals surface area (Å²) in [6.45, 7) is 5.49. The molecule has 1 aromatic carbocycles. The Morgan fingerprint density at radius 1 is 1.34 bits per heavy atom. The predicted molar refractivity (Wildman–Crippen MR) is 114 cm³/mol. The first-order valence-corrected chi connectivity index (χ1v) is 10.7. The van der Waals surface area contributed by atoms with Crippen LogP contribution in [0.2, 0.25) is 0 Å². The lowest BCUT2D eigenvalue weighted by Gasteiger charge is -2.29. The van der Waals surface area contributed by atoms with Crippen LogP contribution in [0.3, 0.4) is 0 Å². The van der Waals surface area contributed by atoms with E-state index in [1.807, 2.05) is 6.07 Å². The molecule has 1 fully saturated rings. The van der Waals surface area contributed by atoms with Gasteiger partial charge in [-0.25, -0.2) is 9.78 Å². The van der Waals surface area contributed by atoms with Crippen LogP contribution in [0.5, 0.6) is 0 Å². The fourth-order valence-electron chi connectivity index (χ4n) is 3.68. The molecule has 2 heterocycles. The van der Waals surface area contributed by atoms with Crippen molar-refractivity contribution in [1.29, 1.82) is 0 Å². The van der Waals surface area contributed by atoms with Gasteiger partial charge in [0, 0.05) is 12.6 Å². The molecule has 3 aromatic rings. The Morgan fingerprint density at radius 2 is 2.07 bits per heavy atom. The van der Waals surface area contributed by atoms with Crippen LogP contribution >= 0.6 is 11.3 Å². The van der Waals surface area contributed by atoms with Gasteiger partial charge in [-0.15, -0.1) is 11.3 Å². The monoisotopic (exact) mass is 411 g/mol. The van der Waals surface area contributed by atoms with Gasteiger partial charge in [0.05, 0.1) is 19.0 Å². The van der Waals surface area contributed by atoms with Gasteiger partial charge in [0.15, 0.2) is 0 Å². The second kappa shape index (κ2) is 8.08. The zero-order valence-electron chi connectivity index (χ0n) is 16.9. The fraction of sp³-hybridized carbons (Fsp3) is 0.409. The molecule has 0 bridgehead atoms. The molecule has 0 spiro atoms. The van der Waals surface area contributed by atoms with Gasteiger partial charge in [0.25, 0.3) is 5.56 Å². The van der Waals surface area contributed by atoms with Gasteiger partial charge in [-0.05, 0) is 43.7 Å². The number of hydrogen-bond donors (Lipinski definition) is 1. The molecule has 29 heavy (non-hydrogen) atoms. The summed E-state index contributed by atoms with van der Waals surface area (Å²) in [6, 6.07) is 10.6. The Hall–Kier alpha value is -2.51. The molecule has 1 atom stereocenters. The third kappa shape index (κ3) is 4.11. The summed E-state index contributed by atoms with van der Waals surface area (Å²) in [7, 11) is 1.34. The molecular weight excluding hydrogens is 386 g/mol. The van der Waals surface area contributed by atoms with E-state index in [0.29, 0.717) is 38.9 Å². The SMILES string of the molecule is COC(=O)c1sc2nc(CN(CC3CC3)C(C)c3ccccc3)[nH]c(=O)c2c1C. The third-order valence-corrected chi connectivity index (χ3v) is 6.76. The van der Waals surface area contributed by atoms with Crippen molar-refractivity contribution < 1.29 is 9.53 Å². The zero-order chi connectivity index (χ0) is 20.5. The molecule has 0 saturated heterocycles. The Labute approximate surface area is 173 Å². The standard InChI is InChI=1S/C22H25N3O3S/c1-13-18-20(26)23-17(24-21(18)29-19(13)22(27)28-3)12-25(11-15-9-10-15)14(2)16-7-5-4-6-8-16/h4-8,14-15H,9-12H2,1-3H3,(H,23,24,26). The maximum Gasteiger partial charge on any atom is 0.348 e. The summed E-state index contributed by atoms with van der Waals surface area (Å²) in [5, 5.41) is 0.476. The largest absolute Gasteiger partial charge is 0.465 e. The molecule has 7 heteroatoms. The summed E-state index contributed by atoms with van der Waals surface area (Å²) in [5.41, 5.74) is 1.67. The van der Waals surface area contributed by atoms with Crippen LogP contribution < -0.4 is 5.56 Å². The number of aromatic nitrogens is 2. The minimum Gasteiger partial charge on any atom is -0.465 e. The van der Waals surface area contributed by atoms with E-state index in [1.54, 1.807) is 6.92 Å². The highest BCUT2D eigenvalue weighted by atomic mass is 32.1. The third-order valence-electron chi connectivity index (χ3n) is 5.59. The van der Waals surface area contributed by atoms with Crippen LogP contribution in [0.1, 0.15) is 52.4 Å². The van der Waals surface area contributed by atoms with E-state index in [-0.39, 0.29) is 11.6 Å². The number of thiophene rings is 1. The average Bonchev–Trinajstić information content (AvgIpc) is 3.48. The molecule has 1 N–H and O–H groups in total. The lowest BCUT2D eigenvalue weighted by molar-refractivity contribution is 0.0605. The molecule has 1 saturated carbocycles. The average molecular weight is 412 g/mol. The van der Waals surface area contributed by atoms with Gasteiger partial charge >= 0.3 is 5.97 Å². The van der Waals surface area contributed by atoms with Gasteiger partial charge < -0.3 is 9.72 Å². The number of aromatic amines is 1. The first-order valence-electron chi connectivity index (χ1n) is 9.87. The van der Waals surface area contributed by atoms with Gasteiger partial charge in [-0.2, -0.15) is 0 Å². The Balaban J connectivity index is 1.67. The molecule has 152 valence electrons. The van der Waals surface area contributed by atoms with Crippen molar-refractivity contribution >= 4 is 27.5 Å². The van der Waals surface area contributed by atoms with E-state index >= 15 is 0 Å². The van der Waals surface area contributed by atoms with E-state index in [1.165, 1.54) is 36.9 Å². The zero-order valence-corrected chi connectivity index (χ0v) is 17.7. The minimum absolute atomic E-state index is 0.201. The second-order valence-electron chi connectivity index (χ2n) is 7.70. The number of esters is 1. The Morgan fingerprint density at radius 3 is 2.72 bits per heavy atom. The van der Waals surface area contributed by atoms with Crippen molar-refractivity contribution in [2.75, 3.05) is 13.7 Å². The van der Waals surface area contributed by atoms with Gasteiger partial charge in [-0.3, -0.25) is 9.69 Å². The molecule has 1 unspecified atom stereocenters. The number of methoxy groups -OCH3 is 1. The van der Waals surface area contributed by atoms with E-state index in [2.05, 4.69) is 41.1 Å². The molecule has 4 rings (SSSR count). The van der Waals surface area contributed by atoms with Crippen LogP contribution in [0, 0.1) is 12.8 Å². The maximum absolute atomic E-state index is 12.7. The smallest absolute Gasteiger partial charge is 0.348 e. The molecule has 1 aliphatic carbocycles. The van der Waals surface area contributed by atoms with Crippen molar-refractivity contribution in [2.24, 2.45) is 5.92 Å². The normalized spacial score (nSPS) is 15.0. The molecule has 0 aliphatic heterocycles. The number of carbonyl (C=O) groups excluding carboxylic acids is 1. The van der Waals surface area contributed by atoms with Crippen LogP contribution in [0.25, 0.3) is 10.2 Å². The van der Waals surface area contributed by atoms with Crippen LogP contribution in [0.15, 0.2) is 35.1 Å². The Kier molecular flexibility index (Phi) is 5.52. The van der Waals surface area contributed by atoms with E-state index in [9.17, 15) is 9.59 Å². The van der Waals surface area contributed by atoms with Crippen molar-refractivity contribution in [3.63, 3.8) is 0 Å². The number of nitrogens with one attached hydrogen (secondary N) is 1. The molecular formula is C22H25N3O3S. The molecule has 6 nitrogen and oxygen atoms in total. The molecule has 0 amide bonds. The summed E-state index contributed by atoms with van der Waals surface area (Å²) in [6.07, 6.45) is 2.52. The number of H-pyrrole nitrogens is 1. The molecule has 0 radical (unpaired) electrons.